The summed E-state index contributed by atoms with van der Waals surface area (Å²) in [5.74, 6) is -1.30. The van der Waals surface area contributed by atoms with Gasteiger partial charge in [-0.1, -0.05) is 46.4 Å². The average Bonchev–Trinajstić information content (AvgIpc) is 2.41. The quantitative estimate of drug-likeness (QED) is 0.551. The maximum absolute atomic E-state index is 9.99. The van der Waals surface area contributed by atoms with Gasteiger partial charge in [0.15, 0.2) is 0 Å². The minimum absolute atomic E-state index is 0.0129. The number of aromatic hydroxyl groups is 4. The van der Waals surface area contributed by atoms with Crippen LogP contribution in [0.1, 0.15) is 11.1 Å². The molecule has 0 radical (unpaired) electrons. The van der Waals surface area contributed by atoms with Gasteiger partial charge < -0.3 is 20.4 Å². The van der Waals surface area contributed by atoms with E-state index in [0.717, 1.165) is 24.3 Å². The first-order valence-corrected chi connectivity index (χ1v) is 7.22. The van der Waals surface area contributed by atoms with Gasteiger partial charge in [-0.25, -0.2) is 0 Å². The molecule has 0 heterocycles. The second kappa shape index (κ2) is 6.34. The first-order chi connectivity index (χ1) is 10.2. The lowest BCUT2D eigenvalue weighted by Crippen LogP contribution is -1.92. The molecule has 0 aliphatic heterocycles. The molecule has 2 aromatic carbocycles. The number of hydrogen-bond acceptors (Lipinski definition) is 4. The molecule has 0 saturated carbocycles. The third kappa shape index (κ3) is 3.15. The van der Waals surface area contributed by atoms with Crippen LogP contribution in [0.15, 0.2) is 28.8 Å². The van der Waals surface area contributed by atoms with Crippen LogP contribution in [0.25, 0.3) is 5.57 Å². The van der Waals surface area contributed by atoms with Crippen molar-refractivity contribution in [3.05, 3.63) is 49.9 Å². The summed E-state index contributed by atoms with van der Waals surface area (Å²) in [5, 5.41) is 39.2. The highest BCUT2D eigenvalue weighted by Gasteiger charge is 2.20. The zero-order valence-corrected chi connectivity index (χ0v) is 13.6. The molecule has 4 N–H and O–H groups in total. The summed E-state index contributed by atoms with van der Waals surface area (Å²) in [6.45, 7) is 0. The van der Waals surface area contributed by atoms with Crippen molar-refractivity contribution in [2.24, 2.45) is 0 Å². The zero-order valence-electron chi connectivity index (χ0n) is 10.6. The summed E-state index contributed by atoms with van der Waals surface area (Å²) in [7, 11) is 0. The number of phenolic OH excluding ortho intramolecular Hbond substituents is 4. The van der Waals surface area contributed by atoms with E-state index in [0.29, 0.717) is 0 Å². The van der Waals surface area contributed by atoms with Gasteiger partial charge in [0.05, 0.1) is 10.0 Å². The van der Waals surface area contributed by atoms with Crippen molar-refractivity contribution in [1.29, 1.82) is 0 Å². The lowest BCUT2D eigenvalue weighted by Gasteiger charge is -2.14. The summed E-state index contributed by atoms with van der Waals surface area (Å²) < 4.78 is -0.311. The van der Waals surface area contributed by atoms with E-state index in [9.17, 15) is 20.4 Å². The molecular formula is C14H8Cl4O4. The van der Waals surface area contributed by atoms with Gasteiger partial charge in [0.1, 0.15) is 27.5 Å². The highest BCUT2D eigenvalue weighted by molar-refractivity contribution is 6.59. The van der Waals surface area contributed by atoms with Crippen molar-refractivity contribution in [2.45, 2.75) is 0 Å². The molecule has 22 heavy (non-hydrogen) atoms. The Morgan fingerprint density at radius 3 is 1.32 bits per heavy atom. The van der Waals surface area contributed by atoms with E-state index < -0.39 is 0 Å². The van der Waals surface area contributed by atoms with Crippen LogP contribution in [0.3, 0.4) is 0 Å². The fourth-order valence-corrected chi connectivity index (χ4v) is 2.57. The molecule has 2 rings (SSSR count). The number of halogens is 4. The second-order valence-electron chi connectivity index (χ2n) is 4.28. The van der Waals surface area contributed by atoms with Gasteiger partial charge >= 0.3 is 0 Å². The van der Waals surface area contributed by atoms with E-state index in [1.807, 2.05) is 0 Å². The van der Waals surface area contributed by atoms with Gasteiger partial charge in [0.25, 0.3) is 0 Å². The van der Waals surface area contributed by atoms with Crippen LogP contribution in [-0.4, -0.2) is 20.4 Å². The topological polar surface area (TPSA) is 80.9 Å². The Hall–Kier alpha value is -1.46. The molecule has 0 unspecified atom stereocenters. The molecular weight excluding hydrogens is 374 g/mol. The standard InChI is InChI=1S/C14H8Cl4O4/c15-7-3-9(19)5(1-11(7)21)13(14(17)18)6-2-12(22)8(16)4-10(6)20/h1-4,19-22H. The summed E-state index contributed by atoms with van der Waals surface area (Å²) in [6, 6.07) is 4.44. The second-order valence-corrected chi connectivity index (χ2v) is 6.04. The maximum Gasteiger partial charge on any atom is 0.135 e. The van der Waals surface area contributed by atoms with E-state index in [4.69, 9.17) is 46.4 Å². The Morgan fingerprint density at radius 1 is 0.636 bits per heavy atom. The normalized spacial score (nSPS) is 10.5. The maximum atomic E-state index is 9.99. The van der Waals surface area contributed by atoms with Crippen LogP contribution >= 0.6 is 46.4 Å². The predicted octanol–water partition coefficient (Wildman–Crippen LogP) is 5.01. The zero-order chi connectivity index (χ0) is 16.6. The molecule has 4 nitrogen and oxygen atoms in total. The monoisotopic (exact) mass is 380 g/mol. The van der Waals surface area contributed by atoms with Crippen molar-refractivity contribution >= 4 is 52.0 Å². The number of phenols is 4. The first-order valence-electron chi connectivity index (χ1n) is 5.71. The van der Waals surface area contributed by atoms with Gasteiger partial charge in [-0.15, -0.1) is 0 Å². The molecule has 0 bridgehead atoms. The molecule has 0 spiro atoms. The third-order valence-electron chi connectivity index (χ3n) is 2.86. The Kier molecular flexibility index (Phi) is 4.87. The summed E-state index contributed by atoms with van der Waals surface area (Å²) >= 11 is 23.1. The molecule has 0 aliphatic rings. The lowest BCUT2D eigenvalue weighted by molar-refractivity contribution is 0.456. The number of hydrogen-bond donors (Lipinski definition) is 4. The van der Waals surface area contributed by atoms with Crippen molar-refractivity contribution in [3.63, 3.8) is 0 Å². The molecule has 0 aliphatic carbocycles. The van der Waals surface area contributed by atoms with Gasteiger partial charge in [-0.3, -0.25) is 0 Å². The Labute approximate surface area is 145 Å². The molecule has 0 aromatic heterocycles. The van der Waals surface area contributed by atoms with Crippen molar-refractivity contribution in [3.8, 4) is 23.0 Å². The molecule has 8 heteroatoms. The van der Waals surface area contributed by atoms with Crippen molar-refractivity contribution in [2.75, 3.05) is 0 Å². The highest BCUT2D eigenvalue weighted by Crippen LogP contribution is 2.44. The van der Waals surface area contributed by atoms with Crippen LogP contribution < -0.4 is 0 Å². The van der Waals surface area contributed by atoms with E-state index in [-0.39, 0.29) is 54.2 Å². The lowest BCUT2D eigenvalue weighted by atomic mass is 9.97. The van der Waals surface area contributed by atoms with Gasteiger partial charge in [-0.05, 0) is 12.1 Å². The van der Waals surface area contributed by atoms with Crippen LogP contribution in [0.4, 0.5) is 0 Å². The van der Waals surface area contributed by atoms with Gasteiger partial charge in [-0.2, -0.15) is 0 Å². The molecule has 0 fully saturated rings. The third-order valence-corrected chi connectivity index (χ3v) is 3.84. The molecule has 116 valence electrons. The van der Waals surface area contributed by atoms with E-state index >= 15 is 0 Å². The Morgan fingerprint density at radius 2 is 1.00 bits per heavy atom. The molecule has 0 saturated heterocycles. The first kappa shape index (κ1) is 16.9. The van der Waals surface area contributed by atoms with Crippen LogP contribution in [0.2, 0.25) is 10.0 Å². The van der Waals surface area contributed by atoms with Crippen molar-refractivity contribution in [1.82, 2.24) is 0 Å². The molecule has 2 aromatic rings. The fraction of sp³-hybridized carbons (Fsp3) is 0. The number of benzene rings is 2. The smallest absolute Gasteiger partial charge is 0.135 e. The minimum atomic E-state index is -0.328. The van der Waals surface area contributed by atoms with E-state index in [1.165, 1.54) is 0 Å². The average molecular weight is 382 g/mol. The Balaban J connectivity index is 2.77. The summed E-state index contributed by atoms with van der Waals surface area (Å²) in [5.41, 5.74) is 0.00936. The predicted molar refractivity (Wildman–Crippen MR) is 87.3 cm³/mol. The van der Waals surface area contributed by atoms with E-state index in [2.05, 4.69) is 0 Å². The summed E-state index contributed by atoms with van der Waals surface area (Å²) in [4.78, 5) is 0. The fourth-order valence-electron chi connectivity index (χ4n) is 1.85. The Bertz CT molecular complexity index is 723. The van der Waals surface area contributed by atoms with Crippen LogP contribution in [0, 0.1) is 0 Å². The van der Waals surface area contributed by atoms with Gasteiger partial charge in [0, 0.05) is 28.8 Å². The summed E-state index contributed by atoms with van der Waals surface area (Å²) in [6.07, 6.45) is 0. The van der Waals surface area contributed by atoms with E-state index in [1.54, 1.807) is 0 Å². The highest BCUT2D eigenvalue weighted by atomic mass is 35.5. The van der Waals surface area contributed by atoms with Crippen molar-refractivity contribution < 1.29 is 20.4 Å². The minimum Gasteiger partial charge on any atom is -0.507 e. The molecule has 0 atom stereocenters. The largest absolute Gasteiger partial charge is 0.507 e. The van der Waals surface area contributed by atoms with Gasteiger partial charge in [0.2, 0.25) is 0 Å². The number of rotatable bonds is 2. The van der Waals surface area contributed by atoms with Crippen LogP contribution in [-0.2, 0) is 0 Å². The SMILES string of the molecule is Oc1cc(C(=C(Cl)Cl)c2cc(O)c(Cl)cc2O)c(O)cc1Cl. The molecule has 0 amide bonds. The van der Waals surface area contributed by atoms with Crippen LogP contribution in [0.5, 0.6) is 23.0 Å².